The van der Waals surface area contributed by atoms with Crippen molar-refractivity contribution in [2.75, 3.05) is 24.3 Å². The molecule has 138 valence electrons. The molecule has 0 saturated heterocycles. The Labute approximate surface area is 166 Å². The molecule has 27 heavy (non-hydrogen) atoms. The summed E-state index contributed by atoms with van der Waals surface area (Å²) < 4.78 is 0. The van der Waals surface area contributed by atoms with E-state index in [1.54, 1.807) is 0 Å². The highest BCUT2D eigenvalue weighted by molar-refractivity contribution is 6.18. The van der Waals surface area contributed by atoms with Crippen molar-refractivity contribution in [2.45, 2.75) is 6.42 Å². The molecule has 0 bridgehead atoms. The zero-order valence-electron chi connectivity index (χ0n) is 15.2. The Balaban J connectivity index is 2.13. The molecule has 0 saturated carbocycles. The van der Waals surface area contributed by atoms with E-state index >= 15 is 0 Å². The topological polar surface area (TPSA) is 32.3 Å². The Morgan fingerprint density at radius 2 is 1.30 bits per heavy atom. The maximum absolute atomic E-state index is 8.99. The van der Waals surface area contributed by atoms with Crippen LogP contribution in [0, 0.1) is 0 Å². The summed E-state index contributed by atoms with van der Waals surface area (Å²) >= 11 is 6.18. The van der Waals surface area contributed by atoms with Gasteiger partial charge in [-0.05, 0) is 46.4 Å². The number of aliphatic hydroxyl groups is 1. The second kappa shape index (κ2) is 9.96. The van der Waals surface area contributed by atoms with E-state index in [-0.39, 0.29) is 6.61 Å². The molecule has 0 aromatic heterocycles. The summed E-state index contributed by atoms with van der Waals surface area (Å²) in [5, 5.41) is 12.2. The van der Waals surface area contributed by atoms with Crippen molar-refractivity contribution < 1.29 is 5.11 Å². The van der Waals surface area contributed by atoms with Crippen LogP contribution in [0.4, 0.5) is 5.69 Å². The van der Waals surface area contributed by atoms with Crippen molar-refractivity contribution in [1.82, 2.24) is 0 Å². The summed E-state index contributed by atoms with van der Waals surface area (Å²) in [5.41, 5.74) is 6.97. The Morgan fingerprint density at radius 3 is 1.85 bits per heavy atom. The number of nitrogens with one attached hydrogen (secondary N) is 1. The molecule has 3 aromatic carbocycles. The first kappa shape index (κ1) is 19.2. The monoisotopic (exact) mass is 377 g/mol. The van der Waals surface area contributed by atoms with E-state index < -0.39 is 0 Å². The second-order valence-corrected chi connectivity index (χ2v) is 6.63. The number of hydrogen-bond donors (Lipinski definition) is 2. The quantitative estimate of drug-likeness (QED) is 0.391. The summed E-state index contributed by atoms with van der Waals surface area (Å²) in [6.07, 6.45) is 0.792. The summed E-state index contributed by atoms with van der Waals surface area (Å²) in [6, 6.07) is 29.2. The number of hydrogen-bond acceptors (Lipinski definition) is 2. The number of aliphatic hydroxyl groups excluding tert-OH is 1. The highest BCUT2D eigenvalue weighted by Gasteiger charge is 2.13. The van der Waals surface area contributed by atoms with E-state index in [1.165, 1.54) is 22.3 Å². The molecule has 0 spiro atoms. The van der Waals surface area contributed by atoms with Gasteiger partial charge in [-0.15, -0.1) is 11.6 Å². The molecule has 0 aliphatic heterocycles. The van der Waals surface area contributed by atoms with Crippen LogP contribution in [-0.4, -0.2) is 24.1 Å². The Kier molecular flexibility index (Phi) is 7.09. The van der Waals surface area contributed by atoms with Crippen LogP contribution in [0.3, 0.4) is 0 Å². The SMILES string of the molecule is OCCNc1ccc(C(=C(CCCl)c2ccccc2)c2ccccc2)cc1. The summed E-state index contributed by atoms with van der Waals surface area (Å²) in [4.78, 5) is 0. The van der Waals surface area contributed by atoms with Crippen molar-refractivity contribution in [3.05, 3.63) is 102 Å². The molecule has 3 aromatic rings. The third-order valence-corrected chi connectivity index (χ3v) is 4.63. The van der Waals surface area contributed by atoms with Crippen LogP contribution in [0.1, 0.15) is 23.1 Å². The van der Waals surface area contributed by atoms with Gasteiger partial charge in [-0.25, -0.2) is 0 Å². The van der Waals surface area contributed by atoms with Gasteiger partial charge in [0.05, 0.1) is 6.61 Å². The molecule has 0 unspecified atom stereocenters. The fourth-order valence-electron chi connectivity index (χ4n) is 3.22. The number of benzene rings is 3. The van der Waals surface area contributed by atoms with E-state index in [2.05, 4.69) is 78.1 Å². The molecular weight excluding hydrogens is 354 g/mol. The van der Waals surface area contributed by atoms with Crippen molar-refractivity contribution in [3.8, 4) is 0 Å². The van der Waals surface area contributed by atoms with Gasteiger partial charge in [0, 0.05) is 18.1 Å². The van der Waals surface area contributed by atoms with Crippen molar-refractivity contribution in [2.24, 2.45) is 0 Å². The summed E-state index contributed by atoms with van der Waals surface area (Å²) in [5.74, 6) is 0.566. The van der Waals surface area contributed by atoms with Crippen LogP contribution in [0.15, 0.2) is 84.9 Å². The lowest BCUT2D eigenvalue weighted by molar-refractivity contribution is 0.311. The molecule has 2 nitrogen and oxygen atoms in total. The number of allylic oxidation sites excluding steroid dienone is 1. The third-order valence-electron chi connectivity index (χ3n) is 4.45. The van der Waals surface area contributed by atoms with Crippen LogP contribution >= 0.6 is 11.6 Å². The van der Waals surface area contributed by atoms with E-state index in [0.717, 1.165) is 17.7 Å². The molecule has 0 radical (unpaired) electrons. The third kappa shape index (κ3) is 5.00. The Bertz CT molecular complexity index is 858. The number of rotatable bonds is 8. The van der Waals surface area contributed by atoms with Gasteiger partial charge < -0.3 is 10.4 Å². The van der Waals surface area contributed by atoms with Gasteiger partial charge in [-0.3, -0.25) is 0 Å². The standard InChI is InChI=1S/C24H24ClNO/c25-16-15-23(19-7-3-1-4-8-19)24(20-9-5-2-6-10-20)21-11-13-22(14-12-21)26-17-18-27/h1-14,26-27H,15-18H2. The highest BCUT2D eigenvalue weighted by atomic mass is 35.5. The van der Waals surface area contributed by atoms with Gasteiger partial charge >= 0.3 is 0 Å². The zero-order valence-corrected chi connectivity index (χ0v) is 16.0. The normalized spacial score (nSPS) is 11.8. The molecular formula is C24H24ClNO. The zero-order chi connectivity index (χ0) is 18.9. The van der Waals surface area contributed by atoms with Gasteiger partial charge in [0.2, 0.25) is 0 Å². The lowest BCUT2D eigenvalue weighted by Crippen LogP contribution is -2.05. The highest BCUT2D eigenvalue weighted by Crippen LogP contribution is 2.35. The predicted molar refractivity (Wildman–Crippen MR) is 116 cm³/mol. The maximum atomic E-state index is 8.99. The van der Waals surface area contributed by atoms with E-state index in [9.17, 15) is 0 Å². The van der Waals surface area contributed by atoms with Crippen LogP contribution in [0.5, 0.6) is 0 Å². The largest absolute Gasteiger partial charge is 0.395 e. The van der Waals surface area contributed by atoms with Gasteiger partial charge in [0.25, 0.3) is 0 Å². The molecule has 3 rings (SSSR count). The molecule has 0 amide bonds. The minimum absolute atomic E-state index is 0.116. The lowest BCUT2D eigenvalue weighted by Gasteiger charge is -2.17. The molecule has 2 N–H and O–H groups in total. The van der Waals surface area contributed by atoms with E-state index in [1.807, 2.05) is 12.1 Å². The van der Waals surface area contributed by atoms with Crippen LogP contribution in [0.2, 0.25) is 0 Å². The summed E-state index contributed by atoms with van der Waals surface area (Å²) in [7, 11) is 0. The van der Waals surface area contributed by atoms with Gasteiger partial charge in [0.1, 0.15) is 0 Å². The first-order valence-electron chi connectivity index (χ1n) is 9.18. The molecule has 0 heterocycles. The minimum atomic E-state index is 0.116. The first-order chi connectivity index (χ1) is 13.3. The number of halogens is 1. The molecule has 0 atom stereocenters. The average Bonchev–Trinajstić information content (AvgIpc) is 2.74. The lowest BCUT2D eigenvalue weighted by atomic mass is 9.88. The van der Waals surface area contributed by atoms with Gasteiger partial charge in [0.15, 0.2) is 0 Å². The van der Waals surface area contributed by atoms with E-state index in [4.69, 9.17) is 16.7 Å². The fraction of sp³-hybridized carbons (Fsp3) is 0.167. The maximum Gasteiger partial charge on any atom is 0.0604 e. The van der Waals surface area contributed by atoms with Gasteiger partial charge in [-0.1, -0.05) is 72.8 Å². The molecule has 0 fully saturated rings. The van der Waals surface area contributed by atoms with Crippen molar-refractivity contribution >= 4 is 28.4 Å². The van der Waals surface area contributed by atoms with Crippen LogP contribution in [0.25, 0.3) is 11.1 Å². The van der Waals surface area contributed by atoms with Crippen molar-refractivity contribution in [3.63, 3.8) is 0 Å². The minimum Gasteiger partial charge on any atom is -0.395 e. The average molecular weight is 378 g/mol. The van der Waals surface area contributed by atoms with E-state index in [0.29, 0.717) is 12.4 Å². The molecule has 0 aliphatic rings. The van der Waals surface area contributed by atoms with Crippen molar-refractivity contribution in [1.29, 1.82) is 0 Å². The van der Waals surface area contributed by atoms with Gasteiger partial charge in [-0.2, -0.15) is 0 Å². The first-order valence-corrected chi connectivity index (χ1v) is 9.72. The Hall–Kier alpha value is -2.55. The Morgan fingerprint density at radius 1 is 0.741 bits per heavy atom. The molecule has 3 heteroatoms. The predicted octanol–water partition coefficient (Wildman–Crippen LogP) is 5.68. The van der Waals surface area contributed by atoms with Crippen LogP contribution < -0.4 is 5.32 Å². The summed E-state index contributed by atoms with van der Waals surface area (Å²) in [6.45, 7) is 0.660. The molecule has 0 aliphatic carbocycles. The number of anilines is 1. The second-order valence-electron chi connectivity index (χ2n) is 6.25. The smallest absolute Gasteiger partial charge is 0.0604 e. The van der Waals surface area contributed by atoms with Crippen LogP contribution in [-0.2, 0) is 0 Å². The fourth-order valence-corrected chi connectivity index (χ4v) is 3.41. The number of alkyl halides is 1.